The molecule has 0 radical (unpaired) electrons. The maximum Gasteiger partial charge on any atom is 0.277 e. The number of amides is 1. The van der Waals surface area contributed by atoms with Crippen LogP contribution >= 0.6 is 11.8 Å². The highest BCUT2D eigenvalue weighted by Gasteiger charge is 2.19. The van der Waals surface area contributed by atoms with Crippen LogP contribution in [0.15, 0.2) is 27.8 Å². The lowest BCUT2D eigenvalue weighted by Gasteiger charge is -2.08. The molecule has 0 fully saturated rings. The molecule has 0 aliphatic carbocycles. The Bertz CT molecular complexity index is 700. The summed E-state index contributed by atoms with van der Waals surface area (Å²) >= 11 is 1.23. The van der Waals surface area contributed by atoms with Crippen molar-refractivity contribution in [3.05, 3.63) is 35.2 Å². The predicted octanol–water partition coefficient (Wildman–Crippen LogP) is 2.75. The third-order valence-corrected chi connectivity index (χ3v) is 4.33. The van der Waals surface area contributed by atoms with Gasteiger partial charge in [0.15, 0.2) is 6.04 Å². The van der Waals surface area contributed by atoms with E-state index in [1.165, 1.54) is 17.3 Å². The monoisotopic (exact) mass is 349 g/mol. The van der Waals surface area contributed by atoms with E-state index in [-0.39, 0.29) is 17.7 Å². The molecule has 130 valence electrons. The summed E-state index contributed by atoms with van der Waals surface area (Å²) in [5.74, 6) is 1.17. The maximum absolute atomic E-state index is 12.1. The standard InChI is InChI=1S/C17H24N4O2S/c1-10(2)7-13(18)16-20-21-17(23-16)24-9-15(22)19-14-6-5-11(3)8-12(14)4/h5-6,8,10,13H,7,9,18H2,1-4H3,(H,19,22)/p+1/t13-/m0/s1. The lowest BCUT2D eigenvalue weighted by Crippen LogP contribution is -2.54. The van der Waals surface area contributed by atoms with Crippen LogP contribution in [-0.4, -0.2) is 21.9 Å². The van der Waals surface area contributed by atoms with Crippen LogP contribution < -0.4 is 11.1 Å². The quantitative estimate of drug-likeness (QED) is 0.749. The Morgan fingerprint density at radius 1 is 1.33 bits per heavy atom. The van der Waals surface area contributed by atoms with Gasteiger partial charge in [-0.3, -0.25) is 4.79 Å². The van der Waals surface area contributed by atoms with E-state index in [9.17, 15) is 4.79 Å². The van der Waals surface area contributed by atoms with Gasteiger partial charge in [-0.25, -0.2) is 0 Å². The second-order valence-electron chi connectivity index (χ2n) is 6.39. The van der Waals surface area contributed by atoms with Crippen molar-refractivity contribution in [2.24, 2.45) is 5.92 Å². The van der Waals surface area contributed by atoms with Crippen molar-refractivity contribution in [1.82, 2.24) is 10.2 Å². The van der Waals surface area contributed by atoms with Crippen LogP contribution in [0.1, 0.15) is 43.3 Å². The Morgan fingerprint density at radius 2 is 2.08 bits per heavy atom. The number of rotatable bonds is 7. The van der Waals surface area contributed by atoms with Gasteiger partial charge in [-0.2, -0.15) is 0 Å². The van der Waals surface area contributed by atoms with Gasteiger partial charge in [0.25, 0.3) is 11.1 Å². The SMILES string of the molecule is Cc1ccc(NC(=O)CSc2nnc([C@@H]([NH3+])CC(C)C)o2)c(C)c1. The van der Waals surface area contributed by atoms with Crippen molar-refractivity contribution in [1.29, 1.82) is 0 Å². The molecule has 0 aliphatic rings. The lowest BCUT2D eigenvalue weighted by atomic mass is 10.1. The molecule has 4 N–H and O–H groups in total. The van der Waals surface area contributed by atoms with E-state index >= 15 is 0 Å². The summed E-state index contributed by atoms with van der Waals surface area (Å²) in [5, 5.41) is 11.3. The van der Waals surface area contributed by atoms with Crippen LogP contribution in [-0.2, 0) is 4.79 Å². The summed E-state index contributed by atoms with van der Waals surface area (Å²) in [6, 6.07) is 5.91. The first-order valence-corrected chi connectivity index (χ1v) is 9.00. The number of anilines is 1. The van der Waals surface area contributed by atoms with Gasteiger partial charge in [-0.05, 0) is 31.4 Å². The van der Waals surface area contributed by atoms with Crippen LogP contribution in [0.2, 0.25) is 0 Å². The molecule has 24 heavy (non-hydrogen) atoms. The number of aryl methyl sites for hydroxylation is 2. The number of hydrogen-bond donors (Lipinski definition) is 2. The van der Waals surface area contributed by atoms with E-state index in [4.69, 9.17) is 4.42 Å². The van der Waals surface area contributed by atoms with Gasteiger partial charge in [-0.15, -0.1) is 10.2 Å². The molecule has 0 saturated heterocycles. The summed E-state index contributed by atoms with van der Waals surface area (Å²) in [5.41, 5.74) is 7.08. The molecule has 2 aromatic rings. The molecule has 0 unspecified atom stereocenters. The molecular weight excluding hydrogens is 324 g/mol. The Hall–Kier alpha value is -1.86. The molecule has 0 saturated carbocycles. The topological polar surface area (TPSA) is 95.7 Å². The molecule has 6 nitrogen and oxygen atoms in total. The Labute approximate surface area is 146 Å². The van der Waals surface area contributed by atoms with Gasteiger partial charge in [0, 0.05) is 12.1 Å². The molecule has 1 atom stereocenters. The van der Waals surface area contributed by atoms with Crippen LogP contribution in [0.25, 0.3) is 0 Å². The second-order valence-corrected chi connectivity index (χ2v) is 7.31. The largest absolute Gasteiger partial charge is 0.410 e. The molecule has 1 amide bonds. The van der Waals surface area contributed by atoms with Gasteiger partial charge < -0.3 is 15.5 Å². The number of thioether (sulfide) groups is 1. The fourth-order valence-electron chi connectivity index (χ4n) is 2.38. The number of carbonyl (C=O) groups excluding carboxylic acids is 1. The highest BCUT2D eigenvalue weighted by molar-refractivity contribution is 7.99. The van der Waals surface area contributed by atoms with Crippen LogP contribution in [0.4, 0.5) is 5.69 Å². The average molecular weight is 349 g/mol. The van der Waals surface area contributed by atoms with Gasteiger partial charge in [0.1, 0.15) is 0 Å². The predicted molar refractivity (Wildman–Crippen MR) is 94.7 cm³/mol. The Balaban J connectivity index is 1.87. The third kappa shape index (κ3) is 5.35. The minimum Gasteiger partial charge on any atom is -0.410 e. The first kappa shape index (κ1) is 18.5. The molecule has 2 rings (SSSR count). The molecular formula is C17H25N4O2S+. The van der Waals surface area contributed by atoms with E-state index < -0.39 is 0 Å². The van der Waals surface area contributed by atoms with Crippen molar-refractivity contribution in [2.45, 2.75) is 45.4 Å². The normalized spacial score (nSPS) is 12.4. The zero-order valence-corrected chi connectivity index (χ0v) is 15.4. The number of aromatic nitrogens is 2. The summed E-state index contributed by atoms with van der Waals surface area (Å²) in [6.45, 7) is 8.25. The maximum atomic E-state index is 12.1. The zero-order chi connectivity index (χ0) is 17.7. The highest BCUT2D eigenvalue weighted by Crippen LogP contribution is 2.22. The van der Waals surface area contributed by atoms with Crippen molar-refractivity contribution in [3.8, 4) is 0 Å². The molecule has 1 heterocycles. The molecule has 1 aromatic heterocycles. The molecule has 0 aliphatic heterocycles. The van der Waals surface area contributed by atoms with Crippen LogP contribution in [0.5, 0.6) is 0 Å². The molecule has 0 spiro atoms. The molecule has 0 bridgehead atoms. The number of nitrogens with zero attached hydrogens (tertiary/aromatic N) is 2. The Morgan fingerprint density at radius 3 is 2.75 bits per heavy atom. The number of quaternary nitrogens is 1. The van der Waals surface area contributed by atoms with E-state index in [0.717, 1.165) is 17.7 Å². The molecule has 7 heteroatoms. The van der Waals surface area contributed by atoms with Crippen LogP contribution in [0, 0.1) is 19.8 Å². The Kier molecular flexibility index (Phi) is 6.39. The van der Waals surface area contributed by atoms with Gasteiger partial charge >= 0.3 is 0 Å². The van der Waals surface area contributed by atoms with E-state index in [2.05, 4.69) is 35.1 Å². The fourth-order valence-corrected chi connectivity index (χ4v) is 2.95. The summed E-state index contributed by atoms with van der Waals surface area (Å²) < 4.78 is 5.58. The fraction of sp³-hybridized carbons (Fsp3) is 0.471. The third-order valence-electron chi connectivity index (χ3n) is 3.51. The van der Waals surface area contributed by atoms with E-state index in [0.29, 0.717) is 17.0 Å². The average Bonchev–Trinajstić information content (AvgIpc) is 2.96. The zero-order valence-electron chi connectivity index (χ0n) is 14.6. The number of benzene rings is 1. The minimum atomic E-state index is -0.0972. The first-order valence-electron chi connectivity index (χ1n) is 8.01. The molecule has 1 aromatic carbocycles. The van der Waals surface area contributed by atoms with Gasteiger partial charge in [-0.1, -0.05) is 43.3 Å². The van der Waals surface area contributed by atoms with Crippen LogP contribution in [0.3, 0.4) is 0 Å². The minimum absolute atomic E-state index is 0.0177. The smallest absolute Gasteiger partial charge is 0.277 e. The van der Waals surface area contributed by atoms with Crippen molar-refractivity contribution in [3.63, 3.8) is 0 Å². The van der Waals surface area contributed by atoms with Crippen molar-refractivity contribution < 1.29 is 14.9 Å². The summed E-state index contributed by atoms with van der Waals surface area (Å²) in [6.07, 6.45) is 0.888. The van der Waals surface area contributed by atoms with Crippen molar-refractivity contribution in [2.75, 3.05) is 11.1 Å². The van der Waals surface area contributed by atoms with Gasteiger partial charge in [0.2, 0.25) is 5.91 Å². The van der Waals surface area contributed by atoms with Crippen molar-refractivity contribution >= 4 is 23.4 Å². The number of hydrogen-bond acceptors (Lipinski definition) is 5. The number of nitrogens with one attached hydrogen (secondary N) is 1. The number of carbonyl (C=O) groups is 1. The second kappa shape index (κ2) is 8.30. The van der Waals surface area contributed by atoms with Gasteiger partial charge in [0.05, 0.1) is 5.75 Å². The highest BCUT2D eigenvalue weighted by atomic mass is 32.2. The summed E-state index contributed by atoms with van der Waals surface area (Å²) in [4.78, 5) is 12.1. The van der Waals surface area contributed by atoms with E-state index in [1.54, 1.807) is 0 Å². The lowest BCUT2D eigenvalue weighted by molar-refractivity contribution is -0.435. The van der Waals surface area contributed by atoms with E-state index in [1.807, 2.05) is 32.0 Å². The first-order chi connectivity index (χ1) is 11.3. The summed E-state index contributed by atoms with van der Waals surface area (Å²) in [7, 11) is 0.